The lowest BCUT2D eigenvalue weighted by molar-refractivity contribution is -0.137. The van der Waals surface area contributed by atoms with E-state index >= 15 is 0 Å². The van der Waals surface area contributed by atoms with Gasteiger partial charge in [-0.05, 0) is 25.1 Å². The Morgan fingerprint density at radius 2 is 2.00 bits per heavy atom. The molecule has 1 aromatic heterocycles. The molecule has 0 spiro atoms. The van der Waals surface area contributed by atoms with Crippen molar-refractivity contribution >= 4 is 17.7 Å². The Bertz CT molecular complexity index is 726. The zero-order valence-corrected chi connectivity index (χ0v) is 13.2. The molecule has 0 saturated carbocycles. The van der Waals surface area contributed by atoms with Crippen molar-refractivity contribution in [1.82, 2.24) is 9.47 Å². The molecular weight excluding hydrogens is 325 g/mol. The lowest BCUT2D eigenvalue weighted by Gasteiger charge is -2.21. The van der Waals surface area contributed by atoms with Crippen LogP contribution in [0.15, 0.2) is 42.7 Å². The summed E-state index contributed by atoms with van der Waals surface area (Å²) in [6.07, 6.45) is -1.13. The van der Waals surface area contributed by atoms with Gasteiger partial charge in [-0.2, -0.15) is 13.2 Å². The number of amides is 1. The summed E-state index contributed by atoms with van der Waals surface area (Å²) in [6.45, 7) is 2.48. The number of thioether (sulfide) groups is 1. The molecule has 0 N–H and O–H groups in total. The molecule has 1 saturated heterocycles. The quantitative estimate of drug-likeness (QED) is 0.841. The van der Waals surface area contributed by atoms with E-state index in [4.69, 9.17) is 0 Å². The van der Waals surface area contributed by atoms with E-state index in [-0.39, 0.29) is 17.0 Å². The second-order valence-electron chi connectivity index (χ2n) is 5.21. The average molecular weight is 340 g/mol. The molecule has 1 aromatic carbocycles. The van der Waals surface area contributed by atoms with Crippen LogP contribution in [0.2, 0.25) is 0 Å². The van der Waals surface area contributed by atoms with Crippen molar-refractivity contribution in [2.45, 2.75) is 18.5 Å². The first-order valence-corrected chi connectivity index (χ1v) is 8.22. The lowest BCUT2D eigenvalue weighted by Crippen LogP contribution is -2.27. The second-order valence-corrected chi connectivity index (χ2v) is 6.28. The molecule has 0 aliphatic carbocycles. The summed E-state index contributed by atoms with van der Waals surface area (Å²) >= 11 is 1.50. The number of hydrogen-bond donors (Lipinski definition) is 0. The van der Waals surface area contributed by atoms with Gasteiger partial charge in [-0.15, -0.1) is 11.8 Å². The number of hydrogen-bond acceptors (Lipinski definition) is 2. The Morgan fingerprint density at radius 3 is 2.70 bits per heavy atom. The van der Waals surface area contributed by atoms with Crippen molar-refractivity contribution in [3.05, 3.63) is 53.9 Å². The molecule has 1 fully saturated rings. The summed E-state index contributed by atoms with van der Waals surface area (Å²) in [5.74, 6) is 0.467. The first-order valence-electron chi connectivity index (χ1n) is 7.17. The Labute approximate surface area is 136 Å². The van der Waals surface area contributed by atoms with Gasteiger partial charge in [0.05, 0.1) is 17.0 Å². The number of carbonyl (C=O) groups excluding carboxylic acids is 1. The fourth-order valence-electron chi connectivity index (χ4n) is 2.72. The van der Waals surface area contributed by atoms with Crippen molar-refractivity contribution in [1.29, 1.82) is 0 Å². The van der Waals surface area contributed by atoms with Gasteiger partial charge in [0.15, 0.2) is 0 Å². The van der Waals surface area contributed by atoms with Crippen molar-refractivity contribution in [2.75, 3.05) is 12.3 Å². The number of benzene rings is 1. The lowest BCUT2D eigenvalue weighted by atomic mass is 10.1. The van der Waals surface area contributed by atoms with Gasteiger partial charge >= 0.3 is 6.18 Å². The van der Waals surface area contributed by atoms with Gasteiger partial charge < -0.3 is 9.47 Å². The molecule has 3 rings (SSSR count). The predicted octanol–water partition coefficient (Wildman–Crippen LogP) is 4.09. The Balaban J connectivity index is 1.96. The fraction of sp³-hybridized carbons (Fsp3) is 0.312. The number of aromatic nitrogens is 1. The summed E-state index contributed by atoms with van der Waals surface area (Å²) in [6, 6.07) is 7.24. The van der Waals surface area contributed by atoms with Crippen molar-refractivity contribution in [2.24, 2.45) is 0 Å². The highest BCUT2D eigenvalue weighted by atomic mass is 32.2. The standard InChI is InChI=1S/C16H15F3N2OS/c1-2-21-14(22)10-23-15(21)11-7-8-20(9-11)13-6-4-3-5-12(13)16(17,18)19/h3-9,15H,2,10H2,1H3. The molecule has 23 heavy (non-hydrogen) atoms. The van der Waals surface area contributed by atoms with Gasteiger partial charge in [0.1, 0.15) is 5.37 Å². The van der Waals surface area contributed by atoms with Crippen LogP contribution in [0.4, 0.5) is 13.2 Å². The van der Waals surface area contributed by atoms with E-state index in [1.807, 2.05) is 6.92 Å². The molecule has 122 valence electrons. The van der Waals surface area contributed by atoms with Gasteiger partial charge in [-0.1, -0.05) is 12.1 Å². The third-order valence-electron chi connectivity index (χ3n) is 3.80. The van der Waals surface area contributed by atoms with Gasteiger partial charge in [0.2, 0.25) is 5.91 Å². The number of rotatable bonds is 3. The normalized spacial score (nSPS) is 18.7. The molecule has 1 aliphatic heterocycles. The van der Waals surface area contributed by atoms with Gasteiger partial charge in [0, 0.05) is 24.5 Å². The third-order valence-corrected chi connectivity index (χ3v) is 5.05. The minimum atomic E-state index is -4.41. The van der Waals surface area contributed by atoms with Crippen molar-refractivity contribution in [3.63, 3.8) is 0 Å². The molecule has 1 aliphatic rings. The Hall–Kier alpha value is -1.89. The topological polar surface area (TPSA) is 25.2 Å². The molecule has 3 nitrogen and oxygen atoms in total. The third kappa shape index (κ3) is 2.97. The molecule has 1 atom stereocenters. The molecule has 2 heterocycles. The van der Waals surface area contributed by atoms with Crippen molar-refractivity contribution < 1.29 is 18.0 Å². The van der Waals surface area contributed by atoms with E-state index in [1.54, 1.807) is 29.4 Å². The zero-order valence-electron chi connectivity index (χ0n) is 12.4. The SMILES string of the molecule is CCN1C(=O)CSC1c1ccn(-c2ccccc2C(F)(F)F)c1. The van der Waals surface area contributed by atoms with E-state index in [1.165, 1.54) is 28.5 Å². The number of alkyl halides is 3. The molecule has 0 bridgehead atoms. The Kier molecular flexibility index (Phi) is 4.14. The van der Waals surface area contributed by atoms with Crippen LogP contribution in [0.5, 0.6) is 0 Å². The summed E-state index contributed by atoms with van der Waals surface area (Å²) < 4.78 is 40.9. The molecule has 2 aromatic rings. The number of para-hydroxylation sites is 1. The van der Waals surface area contributed by atoms with Gasteiger partial charge in [-0.25, -0.2) is 0 Å². The maximum atomic E-state index is 13.1. The molecule has 1 amide bonds. The van der Waals surface area contributed by atoms with Crippen LogP contribution < -0.4 is 0 Å². The first-order chi connectivity index (χ1) is 10.9. The Morgan fingerprint density at radius 1 is 1.26 bits per heavy atom. The maximum absolute atomic E-state index is 13.1. The highest BCUT2D eigenvalue weighted by Gasteiger charge is 2.35. The van der Waals surface area contributed by atoms with Crippen molar-refractivity contribution in [3.8, 4) is 5.69 Å². The highest BCUT2D eigenvalue weighted by Crippen LogP contribution is 2.39. The van der Waals surface area contributed by atoms with Crippen LogP contribution in [0.25, 0.3) is 5.69 Å². The van der Waals surface area contributed by atoms with Crippen LogP contribution in [-0.4, -0.2) is 27.7 Å². The molecule has 1 unspecified atom stereocenters. The maximum Gasteiger partial charge on any atom is 0.418 e. The smallest absolute Gasteiger partial charge is 0.326 e. The largest absolute Gasteiger partial charge is 0.418 e. The summed E-state index contributed by atoms with van der Waals surface area (Å²) in [5, 5.41) is -0.133. The predicted molar refractivity (Wildman–Crippen MR) is 83.4 cm³/mol. The van der Waals surface area contributed by atoms with Crippen LogP contribution in [-0.2, 0) is 11.0 Å². The van der Waals surface area contributed by atoms with E-state index in [0.29, 0.717) is 12.3 Å². The fourth-order valence-corrected chi connectivity index (χ4v) is 3.96. The van der Waals surface area contributed by atoms with Crippen LogP contribution in [0, 0.1) is 0 Å². The number of carbonyl (C=O) groups is 1. The molecule has 0 radical (unpaired) electrons. The monoisotopic (exact) mass is 340 g/mol. The van der Waals surface area contributed by atoms with Crippen LogP contribution >= 0.6 is 11.8 Å². The van der Waals surface area contributed by atoms with E-state index < -0.39 is 11.7 Å². The summed E-state index contributed by atoms with van der Waals surface area (Å²) in [7, 11) is 0. The molecular formula is C16H15F3N2OS. The summed E-state index contributed by atoms with van der Waals surface area (Å²) in [5.41, 5.74) is 0.243. The van der Waals surface area contributed by atoms with E-state index in [9.17, 15) is 18.0 Å². The minimum absolute atomic E-state index is 0.0611. The first kappa shape index (κ1) is 16.0. The van der Waals surface area contributed by atoms with Gasteiger partial charge in [-0.3, -0.25) is 4.79 Å². The van der Waals surface area contributed by atoms with Crippen LogP contribution in [0.3, 0.4) is 0 Å². The number of halogens is 3. The number of nitrogens with zero attached hydrogens (tertiary/aromatic N) is 2. The van der Waals surface area contributed by atoms with E-state index in [0.717, 1.165) is 11.6 Å². The highest BCUT2D eigenvalue weighted by molar-refractivity contribution is 8.00. The minimum Gasteiger partial charge on any atom is -0.326 e. The van der Waals surface area contributed by atoms with Crippen LogP contribution in [0.1, 0.15) is 23.4 Å². The molecule has 7 heteroatoms. The van der Waals surface area contributed by atoms with Gasteiger partial charge in [0.25, 0.3) is 0 Å². The average Bonchev–Trinajstić information content (AvgIpc) is 3.12. The second kappa shape index (κ2) is 5.96. The van der Waals surface area contributed by atoms with E-state index in [2.05, 4.69) is 0 Å². The zero-order chi connectivity index (χ0) is 16.6. The summed E-state index contributed by atoms with van der Waals surface area (Å²) in [4.78, 5) is 13.5.